The van der Waals surface area contributed by atoms with Gasteiger partial charge in [0.2, 0.25) is 10.7 Å². The van der Waals surface area contributed by atoms with Crippen molar-refractivity contribution in [1.29, 1.82) is 5.53 Å². The molecular formula is C12H8N7O2+. The minimum absolute atomic E-state index is 0.0961. The Hall–Kier alpha value is -3.45. The Bertz CT molecular complexity index is 896. The molecule has 0 aliphatic carbocycles. The van der Waals surface area contributed by atoms with Crippen LogP contribution >= 0.6 is 0 Å². The lowest BCUT2D eigenvalue weighted by Gasteiger charge is -1.98. The third-order valence-corrected chi connectivity index (χ3v) is 2.79. The first-order valence-corrected chi connectivity index (χ1v) is 5.81. The first kappa shape index (κ1) is 12.6. The topological polar surface area (TPSA) is 131 Å². The van der Waals surface area contributed by atoms with Crippen molar-refractivity contribution in [2.45, 2.75) is 0 Å². The lowest BCUT2D eigenvalue weighted by molar-refractivity contribution is 0.0699. The van der Waals surface area contributed by atoms with Crippen molar-refractivity contribution in [2.75, 3.05) is 0 Å². The molecule has 1 aromatic carbocycles. The number of fused-ring (bicyclic) bond motifs is 1. The predicted molar refractivity (Wildman–Crippen MR) is 70.6 cm³/mol. The van der Waals surface area contributed by atoms with Gasteiger partial charge >= 0.3 is 5.97 Å². The largest absolute Gasteiger partial charge is 0.478 e. The van der Waals surface area contributed by atoms with E-state index in [1.54, 1.807) is 18.3 Å². The molecule has 0 amide bonds. The zero-order valence-electron chi connectivity index (χ0n) is 10.5. The van der Waals surface area contributed by atoms with E-state index in [1.165, 1.54) is 23.1 Å². The molecule has 3 rings (SSSR count). The molecule has 0 fully saturated rings. The molecule has 0 radical (unpaired) electrons. The van der Waals surface area contributed by atoms with Gasteiger partial charge in [0.05, 0.1) is 5.56 Å². The maximum atomic E-state index is 11.2. The smallest absolute Gasteiger partial charge is 0.337 e. The first-order chi connectivity index (χ1) is 10.2. The van der Waals surface area contributed by atoms with Crippen molar-refractivity contribution < 1.29 is 9.90 Å². The Kier molecular flexibility index (Phi) is 2.94. The van der Waals surface area contributed by atoms with Crippen molar-refractivity contribution in [3.63, 3.8) is 0 Å². The van der Waals surface area contributed by atoms with Gasteiger partial charge in [0.1, 0.15) is 11.0 Å². The highest BCUT2D eigenvalue weighted by atomic mass is 16.4. The van der Waals surface area contributed by atoms with E-state index in [4.69, 9.17) is 10.6 Å². The van der Waals surface area contributed by atoms with Crippen molar-refractivity contribution in [1.82, 2.24) is 24.7 Å². The molecule has 9 heteroatoms. The first-order valence-electron chi connectivity index (χ1n) is 5.81. The summed E-state index contributed by atoms with van der Waals surface area (Å²) in [5, 5.41) is 17.6. The van der Waals surface area contributed by atoms with Crippen LogP contribution < -0.4 is 4.91 Å². The van der Waals surface area contributed by atoms with Gasteiger partial charge in [0, 0.05) is 24.0 Å². The van der Waals surface area contributed by atoms with Crippen LogP contribution in [0.4, 0.5) is 5.82 Å². The van der Waals surface area contributed by atoms with Crippen LogP contribution in [-0.2, 0) is 0 Å². The number of carboxylic acid groups (broad SMARTS) is 1. The summed E-state index contributed by atoms with van der Waals surface area (Å²) in [6, 6.07) is 4.86. The van der Waals surface area contributed by atoms with Crippen LogP contribution in [0.2, 0.25) is 0 Å². The monoisotopic (exact) mass is 282 g/mol. The molecule has 3 aromatic rings. The van der Waals surface area contributed by atoms with E-state index in [9.17, 15) is 4.79 Å². The Morgan fingerprint density at radius 3 is 2.90 bits per heavy atom. The van der Waals surface area contributed by atoms with Gasteiger partial charge in [-0.3, -0.25) is 0 Å². The molecule has 21 heavy (non-hydrogen) atoms. The number of benzene rings is 1. The molecule has 0 bridgehead atoms. The van der Waals surface area contributed by atoms with Crippen LogP contribution in [-0.4, -0.2) is 30.8 Å². The van der Waals surface area contributed by atoms with Crippen molar-refractivity contribution in [2.24, 2.45) is 5.11 Å². The molecule has 0 unspecified atom stereocenters. The van der Waals surface area contributed by atoms with Crippen molar-refractivity contribution in [3.05, 3.63) is 42.4 Å². The van der Waals surface area contributed by atoms with Gasteiger partial charge in [-0.15, -0.1) is 0 Å². The normalized spacial score (nSPS) is 10.3. The highest BCUT2D eigenvalue weighted by molar-refractivity contribution is 6.01. The maximum Gasteiger partial charge on any atom is 0.337 e. The minimum Gasteiger partial charge on any atom is -0.478 e. The Morgan fingerprint density at radius 1 is 1.33 bits per heavy atom. The molecule has 2 N–H and O–H groups in total. The van der Waals surface area contributed by atoms with Gasteiger partial charge < -0.3 is 5.11 Å². The molecule has 0 saturated heterocycles. The van der Waals surface area contributed by atoms with E-state index >= 15 is 0 Å². The standard InChI is InChI=1S/C12H7N7O2/c13-18-16-10-11(15-5-4-14-10)19-6-7-2-1-3-8(12(20)21)9(7)17-19/h1-6,13H/p+1. The lowest BCUT2D eigenvalue weighted by atomic mass is 10.1. The van der Waals surface area contributed by atoms with E-state index in [-0.39, 0.29) is 17.2 Å². The number of nitrogens with zero attached hydrogens (tertiary/aromatic N) is 6. The fourth-order valence-electron chi connectivity index (χ4n) is 1.93. The zero-order valence-corrected chi connectivity index (χ0v) is 10.5. The molecular weight excluding hydrogens is 274 g/mol. The number of aromatic nitrogens is 4. The highest BCUT2D eigenvalue weighted by Gasteiger charge is 2.16. The minimum atomic E-state index is -1.06. The van der Waals surface area contributed by atoms with Crippen molar-refractivity contribution >= 4 is 22.7 Å². The summed E-state index contributed by atoms with van der Waals surface area (Å²) in [7, 11) is 0. The van der Waals surface area contributed by atoms with E-state index in [0.29, 0.717) is 10.9 Å². The predicted octanol–water partition coefficient (Wildman–Crippen LogP) is 1.70. The summed E-state index contributed by atoms with van der Waals surface area (Å²) in [6.07, 6.45) is 4.48. The molecule has 0 aliphatic rings. The van der Waals surface area contributed by atoms with E-state index in [1.807, 2.05) is 0 Å². The van der Waals surface area contributed by atoms with Gasteiger partial charge in [0.25, 0.3) is 5.82 Å². The molecule has 2 heterocycles. The summed E-state index contributed by atoms with van der Waals surface area (Å²) >= 11 is 0. The fourth-order valence-corrected chi connectivity index (χ4v) is 1.93. The third-order valence-electron chi connectivity index (χ3n) is 2.79. The summed E-state index contributed by atoms with van der Waals surface area (Å²) in [5.74, 6) is -0.672. The number of carboxylic acids is 1. The number of hydrogen-bond donors (Lipinski definition) is 2. The van der Waals surface area contributed by atoms with Crippen LogP contribution in [0.25, 0.3) is 16.7 Å². The Morgan fingerprint density at radius 2 is 2.14 bits per heavy atom. The maximum absolute atomic E-state index is 11.2. The Labute approximate surface area is 117 Å². The van der Waals surface area contributed by atoms with E-state index in [2.05, 4.69) is 25.1 Å². The SMILES string of the molecule is N=[N+]=Nc1nccnc1-n1cc2cccc(C(=O)O)c2n1. The molecule has 0 saturated carbocycles. The van der Waals surface area contributed by atoms with Gasteiger partial charge in [-0.05, 0) is 6.07 Å². The highest BCUT2D eigenvalue weighted by Crippen LogP contribution is 2.22. The van der Waals surface area contributed by atoms with Gasteiger partial charge in [-0.2, -0.15) is 5.10 Å². The van der Waals surface area contributed by atoms with Crippen LogP contribution in [0.5, 0.6) is 0 Å². The quantitative estimate of drug-likeness (QED) is 0.557. The van der Waals surface area contributed by atoms with Crippen LogP contribution in [0.15, 0.2) is 41.9 Å². The van der Waals surface area contributed by atoms with Gasteiger partial charge in [-0.1, -0.05) is 12.1 Å². The number of carbonyl (C=O) groups is 1. The second-order valence-electron chi connectivity index (χ2n) is 4.03. The van der Waals surface area contributed by atoms with Gasteiger partial charge in [-0.25, -0.2) is 19.4 Å². The Balaban J connectivity index is 2.25. The summed E-state index contributed by atoms with van der Waals surface area (Å²) in [5.41, 5.74) is 7.21. The molecule has 0 atom stereocenters. The number of rotatable bonds is 3. The van der Waals surface area contributed by atoms with Crippen molar-refractivity contribution in [3.8, 4) is 5.82 Å². The number of hydrogen-bond acceptors (Lipinski definition) is 6. The molecule has 0 aliphatic heterocycles. The average molecular weight is 282 g/mol. The fraction of sp³-hybridized carbons (Fsp3) is 0. The number of nitrogens with one attached hydrogen (secondary N) is 1. The molecule has 2 aromatic heterocycles. The van der Waals surface area contributed by atoms with Crippen LogP contribution in [0, 0.1) is 5.53 Å². The molecule has 102 valence electrons. The summed E-state index contributed by atoms with van der Waals surface area (Å²) < 4.78 is 1.37. The molecule has 9 nitrogen and oxygen atoms in total. The summed E-state index contributed by atoms with van der Waals surface area (Å²) in [4.78, 5) is 22.2. The third kappa shape index (κ3) is 2.13. The summed E-state index contributed by atoms with van der Waals surface area (Å²) in [6.45, 7) is 0. The molecule has 0 spiro atoms. The number of aromatic carboxylic acids is 1. The van der Waals surface area contributed by atoms with Crippen LogP contribution in [0.3, 0.4) is 0 Å². The second kappa shape index (κ2) is 4.91. The zero-order chi connectivity index (χ0) is 14.8. The lowest BCUT2D eigenvalue weighted by Crippen LogP contribution is -2.01. The average Bonchev–Trinajstić information content (AvgIpc) is 2.91. The van der Waals surface area contributed by atoms with E-state index < -0.39 is 5.97 Å². The van der Waals surface area contributed by atoms with Crippen LogP contribution in [0.1, 0.15) is 10.4 Å². The van der Waals surface area contributed by atoms with Gasteiger partial charge in [0.15, 0.2) is 5.11 Å². The van der Waals surface area contributed by atoms with E-state index in [0.717, 1.165) is 0 Å². The second-order valence-corrected chi connectivity index (χ2v) is 4.03.